The zero-order valence-electron chi connectivity index (χ0n) is 5.51. The van der Waals surface area contributed by atoms with Gasteiger partial charge >= 0.3 is 6.41 Å². The van der Waals surface area contributed by atoms with Gasteiger partial charge < -0.3 is 14.8 Å². The van der Waals surface area contributed by atoms with E-state index in [0.29, 0.717) is 6.54 Å². The highest BCUT2D eigenvalue weighted by molar-refractivity contribution is 5.46. The van der Waals surface area contributed by atoms with Crippen molar-refractivity contribution < 1.29 is 14.3 Å². The normalized spacial score (nSPS) is 9.67. The summed E-state index contributed by atoms with van der Waals surface area (Å²) in [5.74, 6) is 0. The Kier molecular flexibility index (Phi) is 5.15. The second-order valence-electron chi connectivity index (χ2n) is 1.38. The van der Waals surface area contributed by atoms with Gasteiger partial charge in [-0.25, -0.2) is 0 Å². The van der Waals surface area contributed by atoms with E-state index in [1.807, 2.05) is 0 Å². The van der Waals surface area contributed by atoms with Gasteiger partial charge in [-0.2, -0.15) is 0 Å². The third-order valence-electron chi connectivity index (χ3n) is 0.867. The molecule has 0 fully saturated rings. The predicted octanol–water partition coefficient (Wildman–Crippen LogP) is -0.738. The van der Waals surface area contributed by atoms with Gasteiger partial charge in [0.1, 0.15) is 0 Å². The summed E-state index contributed by atoms with van der Waals surface area (Å²) in [5, 5.41) is 2.29. The average molecular weight is 132 g/mol. The fourth-order valence-corrected chi connectivity index (χ4v) is 0.388. The Morgan fingerprint density at radius 3 is 2.44 bits per heavy atom. The maximum Gasteiger partial charge on any atom is 0.309 e. The van der Waals surface area contributed by atoms with Crippen molar-refractivity contribution in [1.29, 1.82) is 0 Å². The summed E-state index contributed by atoms with van der Waals surface area (Å²) >= 11 is 0. The van der Waals surface area contributed by atoms with Crippen molar-refractivity contribution in [1.82, 2.24) is 5.32 Å². The van der Waals surface area contributed by atoms with E-state index >= 15 is 0 Å². The summed E-state index contributed by atoms with van der Waals surface area (Å²) in [5.41, 5.74) is 0. The van der Waals surface area contributed by atoms with Gasteiger partial charge in [-0.05, 0) is 0 Å². The molecule has 4 heteroatoms. The Labute approximate surface area is 54.1 Å². The number of hydrogen-bond donors (Lipinski definition) is 1. The van der Waals surface area contributed by atoms with Gasteiger partial charge in [0, 0.05) is 14.2 Å². The van der Waals surface area contributed by atoms with E-state index in [1.165, 1.54) is 20.6 Å². The van der Waals surface area contributed by atoms with E-state index in [0.717, 1.165) is 0 Å². The number of rotatable bonds is 5. The van der Waals surface area contributed by atoms with Crippen molar-refractivity contribution in [3.05, 3.63) is 0 Å². The van der Waals surface area contributed by atoms with E-state index in [2.05, 4.69) is 5.32 Å². The number of nitrogens with one attached hydrogen (secondary N) is 1. The van der Waals surface area contributed by atoms with Crippen LogP contribution in [0.5, 0.6) is 0 Å². The fourth-order valence-electron chi connectivity index (χ4n) is 0.388. The molecule has 0 saturated carbocycles. The lowest BCUT2D eigenvalue weighted by atomic mass is 10.6. The first-order chi connectivity index (χ1) is 4.35. The van der Waals surface area contributed by atoms with Crippen molar-refractivity contribution in [3.63, 3.8) is 0 Å². The molecule has 0 spiro atoms. The summed E-state index contributed by atoms with van der Waals surface area (Å²) < 4.78 is 9.48. The molecule has 1 N–H and O–H groups in total. The Balaban J connectivity index is 3.19. The molecule has 9 heavy (non-hydrogen) atoms. The smallest absolute Gasteiger partial charge is 0.309 e. The second-order valence-corrected chi connectivity index (χ2v) is 1.38. The van der Waals surface area contributed by atoms with Crippen LogP contribution in [0, 0.1) is 0 Å². The molecule has 0 aromatic rings. The first kappa shape index (κ1) is 8.39. The lowest BCUT2D eigenvalue weighted by molar-refractivity contribution is -0.0965. The fraction of sp³-hybridized carbons (Fsp3) is 0.800. The molecule has 0 aliphatic carbocycles. The summed E-state index contributed by atoms with van der Waals surface area (Å²) in [6, 6.07) is 0. The molecule has 0 aliphatic heterocycles. The highest BCUT2D eigenvalue weighted by Crippen LogP contribution is 1.85. The minimum atomic E-state index is -0.369. The SMILES string of the molecule is COC(CN[C]=O)OC. The van der Waals surface area contributed by atoms with E-state index < -0.39 is 0 Å². The number of amides is 1. The Hall–Kier alpha value is -0.610. The van der Waals surface area contributed by atoms with Crippen LogP contribution in [-0.2, 0) is 14.3 Å². The standard InChI is InChI=1S/C5H10NO3/c1-8-5(9-2)3-6-4-7/h5H,3H2,1-2H3,(H,6,7). The van der Waals surface area contributed by atoms with Crippen LogP contribution in [-0.4, -0.2) is 33.5 Å². The van der Waals surface area contributed by atoms with Gasteiger partial charge in [-0.3, -0.25) is 4.79 Å². The summed E-state index contributed by atoms with van der Waals surface area (Å²) in [4.78, 5) is 9.59. The zero-order chi connectivity index (χ0) is 7.11. The minimum Gasteiger partial charge on any atom is -0.354 e. The van der Waals surface area contributed by atoms with Crippen LogP contribution in [0.1, 0.15) is 0 Å². The van der Waals surface area contributed by atoms with E-state index in [4.69, 9.17) is 9.47 Å². The summed E-state index contributed by atoms with van der Waals surface area (Å²) in [6.45, 7) is 0.330. The second kappa shape index (κ2) is 5.53. The van der Waals surface area contributed by atoms with Crippen molar-refractivity contribution in [2.24, 2.45) is 0 Å². The number of ether oxygens (including phenoxy) is 2. The van der Waals surface area contributed by atoms with Crippen LogP contribution >= 0.6 is 0 Å². The molecule has 0 aliphatic rings. The first-order valence-corrected chi connectivity index (χ1v) is 2.50. The topological polar surface area (TPSA) is 47.6 Å². The molecule has 0 atom stereocenters. The Morgan fingerprint density at radius 1 is 1.56 bits per heavy atom. The Morgan fingerprint density at radius 2 is 2.11 bits per heavy atom. The third-order valence-corrected chi connectivity index (χ3v) is 0.867. The average Bonchev–Trinajstić information content (AvgIpc) is 1.91. The number of methoxy groups -OCH3 is 2. The highest BCUT2D eigenvalue weighted by atomic mass is 16.7. The van der Waals surface area contributed by atoms with Crippen molar-refractivity contribution >= 4 is 6.41 Å². The van der Waals surface area contributed by atoms with Gasteiger partial charge in [-0.15, -0.1) is 0 Å². The van der Waals surface area contributed by atoms with Crippen LogP contribution in [0.25, 0.3) is 0 Å². The van der Waals surface area contributed by atoms with Crippen molar-refractivity contribution in [3.8, 4) is 0 Å². The van der Waals surface area contributed by atoms with Gasteiger partial charge in [0.2, 0.25) is 0 Å². The van der Waals surface area contributed by atoms with Gasteiger partial charge in [0.05, 0.1) is 6.54 Å². The molecular weight excluding hydrogens is 122 g/mol. The third kappa shape index (κ3) is 3.93. The van der Waals surface area contributed by atoms with E-state index in [9.17, 15) is 4.79 Å². The quantitative estimate of drug-likeness (QED) is 0.396. The lowest BCUT2D eigenvalue weighted by Crippen LogP contribution is -2.28. The maximum atomic E-state index is 9.59. The van der Waals surface area contributed by atoms with Gasteiger partial charge in [-0.1, -0.05) is 0 Å². The molecule has 1 amide bonds. The molecular formula is C5H10NO3. The van der Waals surface area contributed by atoms with Gasteiger partial charge in [0.15, 0.2) is 6.29 Å². The zero-order valence-corrected chi connectivity index (χ0v) is 5.51. The summed E-state index contributed by atoms with van der Waals surface area (Å²) in [7, 11) is 3.00. The van der Waals surface area contributed by atoms with Crippen LogP contribution < -0.4 is 5.32 Å². The molecule has 0 bridgehead atoms. The molecule has 1 radical (unpaired) electrons. The first-order valence-electron chi connectivity index (χ1n) is 2.50. The van der Waals surface area contributed by atoms with Crippen LogP contribution in [0.3, 0.4) is 0 Å². The van der Waals surface area contributed by atoms with E-state index in [-0.39, 0.29) is 6.29 Å². The highest BCUT2D eigenvalue weighted by Gasteiger charge is 2.01. The van der Waals surface area contributed by atoms with Crippen LogP contribution in [0.15, 0.2) is 0 Å². The maximum absolute atomic E-state index is 9.59. The molecule has 0 heterocycles. The molecule has 4 nitrogen and oxygen atoms in total. The molecule has 0 aromatic heterocycles. The molecule has 53 valence electrons. The monoisotopic (exact) mass is 132 g/mol. The van der Waals surface area contributed by atoms with Gasteiger partial charge in [0.25, 0.3) is 0 Å². The van der Waals surface area contributed by atoms with Crippen LogP contribution in [0.2, 0.25) is 0 Å². The molecule has 0 aromatic carbocycles. The van der Waals surface area contributed by atoms with Crippen molar-refractivity contribution in [2.45, 2.75) is 6.29 Å². The molecule has 0 saturated heterocycles. The van der Waals surface area contributed by atoms with E-state index in [1.54, 1.807) is 0 Å². The van der Waals surface area contributed by atoms with Crippen molar-refractivity contribution in [2.75, 3.05) is 20.8 Å². The Bertz CT molecular complexity index is 72.6. The lowest BCUT2D eigenvalue weighted by Gasteiger charge is -2.10. The number of hydrogen-bond acceptors (Lipinski definition) is 3. The number of carbonyl (C=O) groups excluding carboxylic acids is 1. The largest absolute Gasteiger partial charge is 0.354 e. The molecule has 0 rings (SSSR count). The predicted molar refractivity (Wildman–Crippen MR) is 31.5 cm³/mol. The molecule has 0 unspecified atom stereocenters. The minimum absolute atomic E-state index is 0.330. The summed E-state index contributed by atoms with van der Waals surface area (Å²) in [6.07, 6.45) is 1.14. The van der Waals surface area contributed by atoms with Crippen LogP contribution in [0.4, 0.5) is 0 Å².